The first kappa shape index (κ1) is 23.7. The first-order valence-corrected chi connectivity index (χ1v) is 10.9. The molecule has 10 nitrogen and oxygen atoms in total. The number of benzene rings is 1. The standard InChI is InChI=1S/C22H22ClFN4O6/c1-2-33-20-16(9-17(29)34-20)27-21(32)22(5-6-22)28-10-12(24)8-15(19(28)31)26-18(30)11-3-4-14(25)13(23)7-11/h3-4,7-8,10,16,20H,2,5-6,9,25H2,1H3,(H,26,30)(H,27,32)/t16-,20-/m0/s1. The second-order valence-corrected chi connectivity index (χ2v) is 8.47. The fourth-order valence-corrected chi connectivity index (χ4v) is 3.97. The number of ether oxygens (including phenoxy) is 2. The zero-order chi connectivity index (χ0) is 24.6. The Bertz CT molecular complexity index is 1230. The average molecular weight is 493 g/mol. The third-order valence-electron chi connectivity index (χ3n) is 5.71. The molecule has 2 atom stereocenters. The molecule has 1 aliphatic heterocycles. The molecule has 1 aromatic heterocycles. The highest BCUT2D eigenvalue weighted by Gasteiger charge is 2.54. The average Bonchev–Trinajstić information content (AvgIpc) is 3.52. The van der Waals surface area contributed by atoms with E-state index >= 15 is 0 Å². The van der Waals surface area contributed by atoms with E-state index in [1.54, 1.807) is 6.92 Å². The van der Waals surface area contributed by atoms with Crippen molar-refractivity contribution in [2.75, 3.05) is 17.7 Å². The third-order valence-corrected chi connectivity index (χ3v) is 6.04. The highest BCUT2D eigenvalue weighted by Crippen LogP contribution is 2.43. The van der Waals surface area contributed by atoms with Crippen LogP contribution in [0.1, 0.15) is 36.5 Å². The van der Waals surface area contributed by atoms with Crippen molar-refractivity contribution in [3.63, 3.8) is 0 Å². The summed E-state index contributed by atoms with van der Waals surface area (Å²) in [5.41, 5.74) is 3.57. The molecule has 180 valence electrons. The van der Waals surface area contributed by atoms with Crippen molar-refractivity contribution >= 4 is 40.8 Å². The number of aromatic nitrogens is 1. The number of nitrogen functional groups attached to an aromatic ring is 1. The van der Waals surface area contributed by atoms with Crippen LogP contribution in [0.3, 0.4) is 0 Å². The Hall–Kier alpha value is -3.44. The van der Waals surface area contributed by atoms with E-state index in [4.69, 9.17) is 26.8 Å². The molecule has 2 aromatic rings. The van der Waals surface area contributed by atoms with Gasteiger partial charge in [0.25, 0.3) is 11.5 Å². The van der Waals surface area contributed by atoms with Gasteiger partial charge >= 0.3 is 5.97 Å². The van der Waals surface area contributed by atoms with Gasteiger partial charge in [-0.05, 0) is 38.0 Å². The molecule has 4 rings (SSSR count). The van der Waals surface area contributed by atoms with Crippen molar-refractivity contribution in [1.29, 1.82) is 0 Å². The zero-order valence-corrected chi connectivity index (χ0v) is 18.9. The summed E-state index contributed by atoms with van der Waals surface area (Å²) in [5, 5.41) is 5.20. The van der Waals surface area contributed by atoms with E-state index in [9.17, 15) is 23.6 Å². The molecule has 0 unspecified atom stereocenters. The van der Waals surface area contributed by atoms with Crippen LogP contribution in [-0.2, 0) is 24.6 Å². The molecule has 2 fully saturated rings. The Balaban J connectivity index is 1.58. The highest BCUT2D eigenvalue weighted by atomic mass is 35.5. The molecule has 1 saturated carbocycles. The van der Waals surface area contributed by atoms with Gasteiger partial charge in [0.1, 0.15) is 23.1 Å². The number of rotatable bonds is 7. The van der Waals surface area contributed by atoms with Crippen molar-refractivity contribution in [1.82, 2.24) is 9.88 Å². The molecule has 2 heterocycles. The lowest BCUT2D eigenvalue weighted by Gasteiger charge is -2.23. The van der Waals surface area contributed by atoms with E-state index in [-0.39, 0.29) is 47.8 Å². The number of carbonyl (C=O) groups excluding carboxylic acids is 3. The van der Waals surface area contributed by atoms with Crippen LogP contribution >= 0.6 is 11.6 Å². The second kappa shape index (κ2) is 9.07. The molecule has 12 heteroatoms. The Morgan fingerprint density at radius 2 is 2.06 bits per heavy atom. The van der Waals surface area contributed by atoms with Gasteiger partial charge in [0.05, 0.1) is 17.1 Å². The molecule has 0 spiro atoms. The van der Waals surface area contributed by atoms with E-state index in [1.165, 1.54) is 18.2 Å². The summed E-state index contributed by atoms with van der Waals surface area (Å²) in [6, 6.07) is 4.29. The van der Waals surface area contributed by atoms with Crippen LogP contribution in [0.2, 0.25) is 5.02 Å². The number of nitrogens with two attached hydrogens (primary N) is 1. The van der Waals surface area contributed by atoms with Gasteiger partial charge in [-0.3, -0.25) is 23.7 Å². The second-order valence-electron chi connectivity index (χ2n) is 8.07. The lowest BCUT2D eigenvalue weighted by atomic mass is 10.1. The van der Waals surface area contributed by atoms with E-state index < -0.39 is 47.0 Å². The van der Waals surface area contributed by atoms with Gasteiger partial charge in [0, 0.05) is 24.4 Å². The normalized spacial score (nSPS) is 20.5. The third kappa shape index (κ3) is 4.48. The van der Waals surface area contributed by atoms with Gasteiger partial charge in [-0.25, -0.2) is 4.39 Å². The first-order valence-electron chi connectivity index (χ1n) is 10.6. The topological polar surface area (TPSA) is 142 Å². The summed E-state index contributed by atoms with van der Waals surface area (Å²) in [4.78, 5) is 50.4. The molecule has 1 aromatic carbocycles. The Labute approximate surface area is 198 Å². The maximum atomic E-state index is 14.5. The summed E-state index contributed by atoms with van der Waals surface area (Å²) in [6.07, 6.45) is 0.424. The van der Waals surface area contributed by atoms with Gasteiger partial charge in [-0.15, -0.1) is 0 Å². The number of carbonyl (C=O) groups is 3. The van der Waals surface area contributed by atoms with Gasteiger partial charge in [0.2, 0.25) is 12.2 Å². The molecule has 0 bridgehead atoms. The van der Waals surface area contributed by atoms with Gasteiger partial charge < -0.3 is 25.8 Å². The quantitative estimate of drug-likeness (QED) is 0.395. The Morgan fingerprint density at radius 1 is 1.32 bits per heavy atom. The molecule has 2 aliphatic rings. The van der Waals surface area contributed by atoms with Crippen molar-refractivity contribution in [2.24, 2.45) is 0 Å². The maximum absolute atomic E-state index is 14.5. The molecule has 1 aliphatic carbocycles. The summed E-state index contributed by atoms with van der Waals surface area (Å²) in [7, 11) is 0. The molecular weight excluding hydrogens is 471 g/mol. The number of esters is 1. The SMILES string of the molecule is CCO[C@H]1OC(=O)C[C@@H]1NC(=O)C1(n2cc(F)cc(NC(=O)c3ccc(N)c(Cl)c3)c2=O)CC1. The summed E-state index contributed by atoms with van der Waals surface area (Å²) in [5.74, 6) is -2.62. The van der Waals surface area contributed by atoms with E-state index in [1.807, 2.05) is 0 Å². The lowest BCUT2D eigenvalue weighted by molar-refractivity contribution is -0.164. The summed E-state index contributed by atoms with van der Waals surface area (Å²) in [6.45, 7) is 1.98. The van der Waals surface area contributed by atoms with E-state index in [0.717, 1.165) is 16.8 Å². The van der Waals surface area contributed by atoms with Crippen LogP contribution in [0, 0.1) is 5.82 Å². The number of hydrogen-bond acceptors (Lipinski definition) is 7. The van der Waals surface area contributed by atoms with Crippen molar-refractivity contribution in [3.8, 4) is 0 Å². The smallest absolute Gasteiger partial charge is 0.310 e. The van der Waals surface area contributed by atoms with Gasteiger partial charge in [-0.1, -0.05) is 11.6 Å². The van der Waals surface area contributed by atoms with Crippen LogP contribution in [0.15, 0.2) is 35.3 Å². The van der Waals surface area contributed by atoms with E-state index in [0.29, 0.717) is 0 Å². The van der Waals surface area contributed by atoms with Crippen molar-refractivity contribution in [3.05, 3.63) is 57.2 Å². The molecule has 34 heavy (non-hydrogen) atoms. The largest absolute Gasteiger partial charge is 0.433 e. The molecule has 1 saturated heterocycles. The number of halogens is 2. The van der Waals surface area contributed by atoms with Gasteiger partial charge in [-0.2, -0.15) is 0 Å². The minimum absolute atomic E-state index is 0.0873. The number of hydrogen-bond donors (Lipinski definition) is 3. The molecule has 4 N–H and O–H groups in total. The molecule has 0 radical (unpaired) electrons. The van der Waals surface area contributed by atoms with Gasteiger partial charge in [0.15, 0.2) is 0 Å². The van der Waals surface area contributed by atoms with Crippen LogP contribution in [-0.4, -0.2) is 41.3 Å². The fourth-order valence-electron chi connectivity index (χ4n) is 3.79. The highest BCUT2D eigenvalue weighted by molar-refractivity contribution is 6.33. The zero-order valence-electron chi connectivity index (χ0n) is 18.1. The number of pyridine rings is 1. The summed E-state index contributed by atoms with van der Waals surface area (Å²) < 4.78 is 25.8. The summed E-state index contributed by atoms with van der Waals surface area (Å²) >= 11 is 5.94. The van der Waals surface area contributed by atoms with Crippen molar-refractivity contribution < 1.29 is 28.2 Å². The number of anilines is 2. The number of cyclic esters (lactones) is 1. The number of amides is 2. The van der Waals surface area contributed by atoms with Crippen LogP contribution in [0.4, 0.5) is 15.8 Å². The lowest BCUT2D eigenvalue weighted by Crippen LogP contribution is -2.50. The minimum atomic E-state index is -1.36. The number of nitrogens with one attached hydrogen (secondary N) is 2. The van der Waals surface area contributed by atoms with Crippen LogP contribution < -0.4 is 21.9 Å². The minimum Gasteiger partial charge on any atom is -0.433 e. The van der Waals surface area contributed by atoms with Crippen LogP contribution in [0.5, 0.6) is 0 Å². The Morgan fingerprint density at radius 3 is 2.71 bits per heavy atom. The van der Waals surface area contributed by atoms with Crippen molar-refractivity contribution in [2.45, 2.75) is 44.1 Å². The maximum Gasteiger partial charge on any atom is 0.310 e. The first-order chi connectivity index (χ1) is 16.1. The fraction of sp³-hybridized carbons (Fsp3) is 0.364. The monoisotopic (exact) mass is 492 g/mol. The molecular formula is C22H22ClFN4O6. The Kier molecular flexibility index (Phi) is 6.32. The predicted molar refractivity (Wildman–Crippen MR) is 120 cm³/mol. The number of nitrogens with zero attached hydrogens (tertiary/aromatic N) is 1. The van der Waals surface area contributed by atoms with Crippen LogP contribution in [0.25, 0.3) is 0 Å². The molecule has 2 amide bonds. The predicted octanol–water partition coefficient (Wildman–Crippen LogP) is 1.76. The van der Waals surface area contributed by atoms with E-state index in [2.05, 4.69) is 10.6 Å².